The average Bonchev–Trinajstić information content (AvgIpc) is 2.24. The van der Waals surface area contributed by atoms with E-state index < -0.39 is 12.1 Å². The van der Waals surface area contributed by atoms with E-state index in [2.05, 4.69) is 0 Å². The fraction of sp³-hybridized carbons (Fsp3) is 0.900. The first-order chi connectivity index (χ1) is 7.49. The number of aliphatic hydroxyl groups excluding tert-OH is 1. The van der Waals surface area contributed by atoms with Gasteiger partial charge < -0.3 is 5.11 Å². The number of hydrogen-bond acceptors (Lipinski definition) is 3. The van der Waals surface area contributed by atoms with E-state index in [0.29, 0.717) is 13.0 Å². The number of piperidine rings is 1. The third kappa shape index (κ3) is 3.35. The molecule has 1 rings (SSSR count). The molecule has 3 nitrogen and oxygen atoms in total. The van der Waals surface area contributed by atoms with Crippen molar-refractivity contribution in [1.29, 1.82) is 5.26 Å². The Morgan fingerprint density at radius 3 is 2.62 bits per heavy atom. The fourth-order valence-electron chi connectivity index (χ4n) is 1.96. The molecule has 92 valence electrons. The Kier molecular flexibility index (Phi) is 4.56. The van der Waals surface area contributed by atoms with Gasteiger partial charge in [-0.3, -0.25) is 4.90 Å². The van der Waals surface area contributed by atoms with Crippen LogP contribution in [0.3, 0.4) is 0 Å². The van der Waals surface area contributed by atoms with Crippen LogP contribution in [0.4, 0.5) is 13.2 Å². The first-order valence-electron chi connectivity index (χ1n) is 5.30. The van der Waals surface area contributed by atoms with Crippen molar-refractivity contribution in [1.82, 2.24) is 4.90 Å². The molecule has 1 fully saturated rings. The summed E-state index contributed by atoms with van der Waals surface area (Å²) in [7, 11) is 0. The van der Waals surface area contributed by atoms with E-state index in [9.17, 15) is 13.2 Å². The highest BCUT2D eigenvalue weighted by atomic mass is 19.4. The summed E-state index contributed by atoms with van der Waals surface area (Å²) in [6.07, 6.45) is -2.03. The summed E-state index contributed by atoms with van der Waals surface area (Å²) in [4.78, 5) is 1.57. The number of aliphatic hydroxyl groups is 1. The third-order valence-corrected chi connectivity index (χ3v) is 2.93. The van der Waals surface area contributed by atoms with E-state index in [1.54, 1.807) is 4.90 Å². The maximum Gasteiger partial charge on any atom is 0.405 e. The predicted molar refractivity (Wildman–Crippen MR) is 51.5 cm³/mol. The summed E-state index contributed by atoms with van der Waals surface area (Å²) >= 11 is 0. The second-order valence-corrected chi connectivity index (χ2v) is 4.05. The average molecular weight is 236 g/mol. The number of nitriles is 1. The summed E-state index contributed by atoms with van der Waals surface area (Å²) in [5.74, 6) is -1.96. The van der Waals surface area contributed by atoms with Gasteiger partial charge in [-0.2, -0.15) is 18.4 Å². The summed E-state index contributed by atoms with van der Waals surface area (Å²) in [5, 5.41) is 17.5. The molecule has 1 saturated heterocycles. The van der Waals surface area contributed by atoms with Crippen LogP contribution in [0.15, 0.2) is 0 Å². The number of alkyl halides is 3. The summed E-state index contributed by atoms with van der Waals surface area (Å²) in [5.41, 5.74) is 0. The van der Waals surface area contributed by atoms with Crippen LogP contribution in [0.1, 0.15) is 19.3 Å². The Labute approximate surface area is 92.5 Å². The van der Waals surface area contributed by atoms with Crippen LogP contribution in [0.5, 0.6) is 0 Å². The summed E-state index contributed by atoms with van der Waals surface area (Å²) < 4.78 is 37.2. The van der Waals surface area contributed by atoms with E-state index in [-0.39, 0.29) is 19.2 Å². The molecule has 0 radical (unpaired) electrons. The van der Waals surface area contributed by atoms with Gasteiger partial charge in [-0.25, -0.2) is 0 Å². The molecule has 1 aliphatic heterocycles. The van der Waals surface area contributed by atoms with Crippen LogP contribution in [-0.4, -0.2) is 41.9 Å². The number of halogens is 3. The zero-order valence-electron chi connectivity index (χ0n) is 8.87. The standard InChI is InChI=1S/C10H15F3N2O/c11-10(12,13)8(5-14)6-15-4-2-1-3-9(15)7-16/h8-9,16H,1-4,6-7H2. The molecule has 2 unspecified atom stereocenters. The van der Waals surface area contributed by atoms with E-state index in [4.69, 9.17) is 10.4 Å². The quantitative estimate of drug-likeness (QED) is 0.808. The lowest BCUT2D eigenvalue weighted by Gasteiger charge is -2.35. The first kappa shape index (κ1) is 13.3. The number of nitrogens with zero attached hydrogens (tertiary/aromatic N) is 2. The van der Waals surface area contributed by atoms with Crippen molar-refractivity contribution < 1.29 is 18.3 Å². The molecule has 0 aromatic rings. The lowest BCUT2D eigenvalue weighted by atomic mass is 10.0. The second kappa shape index (κ2) is 5.51. The Morgan fingerprint density at radius 1 is 1.44 bits per heavy atom. The molecule has 0 bridgehead atoms. The van der Waals surface area contributed by atoms with Crippen LogP contribution in [-0.2, 0) is 0 Å². The molecule has 1 heterocycles. The normalized spacial score (nSPS) is 25.1. The molecule has 0 saturated carbocycles. The topological polar surface area (TPSA) is 47.3 Å². The minimum Gasteiger partial charge on any atom is -0.395 e. The van der Waals surface area contributed by atoms with Crippen molar-refractivity contribution in [2.45, 2.75) is 31.5 Å². The Balaban J connectivity index is 2.60. The van der Waals surface area contributed by atoms with Crippen LogP contribution >= 0.6 is 0 Å². The molecule has 0 amide bonds. The molecule has 2 atom stereocenters. The van der Waals surface area contributed by atoms with Crippen molar-refractivity contribution in [3.63, 3.8) is 0 Å². The van der Waals surface area contributed by atoms with Crippen molar-refractivity contribution >= 4 is 0 Å². The van der Waals surface area contributed by atoms with Gasteiger partial charge in [0.05, 0.1) is 12.7 Å². The highest BCUT2D eigenvalue weighted by Crippen LogP contribution is 2.28. The maximum absolute atomic E-state index is 12.4. The maximum atomic E-state index is 12.4. The zero-order chi connectivity index (χ0) is 12.2. The van der Waals surface area contributed by atoms with Crippen LogP contribution in [0.25, 0.3) is 0 Å². The number of likely N-dealkylation sites (tertiary alicyclic amines) is 1. The van der Waals surface area contributed by atoms with Crippen molar-refractivity contribution in [3.8, 4) is 6.07 Å². The largest absolute Gasteiger partial charge is 0.405 e. The minimum absolute atomic E-state index is 0.143. The molecular formula is C10H15F3N2O. The Bertz CT molecular complexity index is 262. The molecule has 0 aromatic carbocycles. The van der Waals surface area contributed by atoms with Gasteiger partial charge in [0.15, 0.2) is 5.92 Å². The van der Waals surface area contributed by atoms with Crippen molar-refractivity contribution in [2.75, 3.05) is 19.7 Å². The molecule has 1 aliphatic rings. The molecule has 0 aromatic heterocycles. The SMILES string of the molecule is N#CC(CN1CCCCC1CO)C(F)(F)F. The van der Waals surface area contributed by atoms with Gasteiger partial charge in [-0.15, -0.1) is 0 Å². The molecule has 16 heavy (non-hydrogen) atoms. The minimum atomic E-state index is -4.48. The van der Waals surface area contributed by atoms with Crippen molar-refractivity contribution in [2.24, 2.45) is 5.92 Å². The van der Waals surface area contributed by atoms with Gasteiger partial charge in [0.1, 0.15) is 0 Å². The molecule has 6 heteroatoms. The predicted octanol–water partition coefficient (Wildman–Crippen LogP) is 1.54. The lowest BCUT2D eigenvalue weighted by molar-refractivity contribution is -0.165. The lowest BCUT2D eigenvalue weighted by Crippen LogP contribution is -2.46. The van der Waals surface area contributed by atoms with Crippen LogP contribution in [0.2, 0.25) is 0 Å². The van der Waals surface area contributed by atoms with Gasteiger partial charge in [-0.1, -0.05) is 6.42 Å². The Hall–Kier alpha value is -0.800. The zero-order valence-corrected chi connectivity index (χ0v) is 8.87. The third-order valence-electron chi connectivity index (χ3n) is 2.93. The fourth-order valence-corrected chi connectivity index (χ4v) is 1.96. The molecular weight excluding hydrogens is 221 g/mol. The summed E-state index contributed by atoms with van der Waals surface area (Å²) in [6.45, 7) is 0.0563. The van der Waals surface area contributed by atoms with Gasteiger partial charge in [0.25, 0.3) is 0 Å². The second-order valence-electron chi connectivity index (χ2n) is 4.05. The monoisotopic (exact) mass is 236 g/mol. The van der Waals surface area contributed by atoms with Gasteiger partial charge in [-0.05, 0) is 19.4 Å². The molecule has 0 spiro atoms. The first-order valence-corrected chi connectivity index (χ1v) is 5.30. The molecule has 1 N–H and O–H groups in total. The number of rotatable bonds is 3. The van der Waals surface area contributed by atoms with Gasteiger partial charge in [0, 0.05) is 12.6 Å². The van der Waals surface area contributed by atoms with Gasteiger partial charge in [0.2, 0.25) is 0 Å². The van der Waals surface area contributed by atoms with E-state index >= 15 is 0 Å². The van der Waals surface area contributed by atoms with E-state index in [1.165, 1.54) is 6.07 Å². The van der Waals surface area contributed by atoms with E-state index in [0.717, 1.165) is 12.8 Å². The van der Waals surface area contributed by atoms with Crippen molar-refractivity contribution in [3.05, 3.63) is 0 Å². The Morgan fingerprint density at radius 2 is 2.12 bits per heavy atom. The smallest absolute Gasteiger partial charge is 0.395 e. The summed E-state index contributed by atoms with van der Waals surface area (Å²) in [6, 6.07) is 1.06. The van der Waals surface area contributed by atoms with E-state index in [1.807, 2.05) is 0 Å². The van der Waals surface area contributed by atoms with Gasteiger partial charge >= 0.3 is 6.18 Å². The van der Waals surface area contributed by atoms with Crippen LogP contribution in [0, 0.1) is 17.2 Å². The highest BCUT2D eigenvalue weighted by Gasteiger charge is 2.41. The van der Waals surface area contributed by atoms with Crippen LogP contribution < -0.4 is 0 Å². The highest BCUT2D eigenvalue weighted by molar-refractivity contribution is 4.92. The molecule has 0 aliphatic carbocycles. The number of hydrogen-bond donors (Lipinski definition) is 1.